The number of nitrogens with zero attached hydrogens (tertiary/aromatic N) is 3. The average molecular weight is 496 g/mol. The Balaban J connectivity index is 1.95. The minimum atomic E-state index is -4.90. The molecule has 0 aliphatic carbocycles. The second-order valence-corrected chi connectivity index (χ2v) is 10.8. The first-order valence-electron chi connectivity index (χ1n) is 9.52. The molecule has 0 amide bonds. The lowest BCUT2D eigenvalue weighted by Gasteiger charge is -2.44. The Morgan fingerprint density at radius 3 is 2.44 bits per heavy atom. The fourth-order valence-corrected chi connectivity index (χ4v) is 5.36. The van der Waals surface area contributed by atoms with E-state index in [1.807, 2.05) is 18.7 Å². The van der Waals surface area contributed by atoms with Crippen molar-refractivity contribution < 1.29 is 35.9 Å². The number of aromatic nitrogens is 1. The number of anilines is 2. The number of thiazole rings is 1. The van der Waals surface area contributed by atoms with E-state index < -0.39 is 43.3 Å². The van der Waals surface area contributed by atoms with Crippen LogP contribution in [-0.4, -0.2) is 56.4 Å². The Hall–Kier alpha value is -2.41. The molecule has 1 saturated heterocycles. The third-order valence-electron chi connectivity index (χ3n) is 5.19. The van der Waals surface area contributed by atoms with Crippen LogP contribution in [0.2, 0.25) is 0 Å². The van der Waals surface area contributed by atoms with Crippen LogP contribution in [0.3, 0.4) is 0 Å². The van der Waals surface area contributed by atoms with Crippen LogP contribution in [0.15, 0.2) is 23.1 Å². The van der Waals surface area contributed by atoms with E-state index in [4.69, 9.17) is 0 Å². The third-order valence-corrected chi connectivity index (χ3v) is 7.38. The molecular formula is C19H21F4N3O4S2. The van der Waals surface area contributed by atoms with Crippen molar-refractivity contribution in [2.24, 2.45) is 5.92 Å². The van der Waals surface area contributed by atoms with Gasteiger partial charge in [-0.3, -0.25) is 0 Å². The summed E-state index contributed by atoms with van der Waals surface area (Å²) in [4.78, 5) is 17.1. The highest BCUT2D eigenvalue weighted by Gasteiger charge is 2.42. The molecule has 7 nitrogen and oxygen atoms in total. The van der Waals surface area contributed by atoms with Gasteiger partial charge in [0.1, 0.15) is 15.6 Å². The largest absolute Gasteiger partial charge is 0.477 e. The Labute approximate surface area is 186 Å². The molecule has 1 aromatic carbocycles. The quantitative estimate of drug-likeness (QED) is 0.632. The molecule has 0 saturated carbocycles. The van der Waals surface area contributed by atoms with Crippen molar-refractivity contribution >= 4 is 38.0 Å². The molecule has 32 heavy (non-hydrogen) atoms. The summed E-state index contributed by atoms with van der Waals surface area (Å²) >= 11 is 0.475. The number of sulfone groups is 1. The first kappa shape index (κ1) is 24.2. The van der Waals surface area contributed by atoms with Gasteiger partial charge in [-0.1, -0.05) is 25.2 Å². The van der Waals surface area contributed by atoms with Gasteiger partial charge in [-0.2, -0.15) is 13.2 Å². The molecule has 1 aliphatic rings. The molecule has 2 heterocycles. The van der Waals surface area contributed by atoms with E-state index in [1.54, 1.807) is 4.90 Å². The highest BCUT2D eigenvalue weighted by atomic mass is 32.2. The van der Waals surface area contributed by atoms with Crippen molar-refractivity contribution in [2.45, 2.75) is 31.0 Å². The molecular weight excluding hydrogens is 474 g/mol. The Morgan fingerprint density at radius 1 is 1.28 bits per heavy atom. The number of aromatic carboxylic acids is 1. The zero-order valence-electron chi connectivity index (χ0n) is 17.4. The number of rotatable bonds is 5. The second-order valence-electron chi connectivity index (χ2n) is 7.81. The average Bonchev–Trinajstić information content (AvgIpc) is 3.13. The summed E-state index contributed by atoms with van der Waals surface area (Å²) in [7, 11) is -3.78. The maximum atomic E-state index is 14.0. The molecule has 1 N–H and O–H groups in total. The van der Waals surface area contributed by atoms with Crippen molar-refractivity contribution in [1.29, 1.82) is 0 Å². The molecule has 0 radical (unpaired) electrons. The van der Waals surface area contributed by atoms with Gasteiger partial charge in [0, 0.05) is 31.6 Å². The van der Waals surface area contributed by atoms with E-state index in [9.17, 15) is 35.9 Å². The maximum Gasteiger partial charge on any atom is 0.435 e. The van der Waals surface area contributed by atoms with Crippen molar-refractivity contribution in [3.05, 3.63) is 34.6 Å². The third kappa shape index (κ3) is 4.82. The van der Waals surface area contributed by atoms with Crippen LogP contribution in [0.5, 0.6) is 0 Å². The molecule has 1 atom stereocenters. The predicted octanol–water partition coefficient (Wildman–Crippen LogP) is 3.75. The van der Waals surface area contributed by atoms with E-state index in [-0.39, 0.29) is 23.6 Å². The van der Waals surface area contributed by atoms with E-state index in [0.29, 0.717) is 30.1 Å². The lowest BCUT2D eigenvalue weighted by molar-refractivity contribution is -0.141. The standard InChI is InChI=1S/C19H21F4N3O4S2/c1-10(2)13-9-25(11-4-5-12(20)14(8-11)32(3,29)30)6-7-26(13)18-24-16(19(21,22)23)15(31-18)17(27)28/h4-5,8,10,13H,6-7,9H2,1-3H3,(H,27,28). The van der Waals surface area contributed by atoms with Crippen molar-refractivity contribution in [1.82, 2.24) is 4.98 Å². The fraction of sp³-hybridized carbons (Fsp3) is 0.474. The summed E-state index contributed by atoms with van der Waals surface area (Å²) in [6.07, 6.45) is -3.99. The smallest absolute Gasteiger partial charge is 0.435 e. The molecule has 176 valence electrons. The molecule has 1 aromatic heterocycles. The molecule has 1 unspecified atom stereocenters. The SMILES string of the molecule is CC(C)C1CN(c2ccc(F)c(S(C)(=O)=O)c2)CCN1c1nc(C(F)(F)F)c(C(=O)O)s1. The summed E-state index contributed by atoms with van der Waals surface area (Å²) in [5, 5.41) is 9.15. The van der Waals surface area contributed by atoms with Gasteiger partial charge in [-0.25, -0.2) is 22.6 Å². The Morgan fingerprint density at radius 2 is 1.94 bits per heavy atom. The number of carboxylic acids is 1. The minimum Gasteiger partial charge on any atom is -0.477 e. The molecule has 1 aliphatic heterocycles. The number of piperazine rings is 1. The zero-order chi connectivity index (χ0) is 24.0. The highest BCUT2D eigenvalue weighted by Crippen LogP contribution is 2.39. The number of halogens is 4. The number of carbonyl (C=O) groups is 1. The van der Waals surface area contributed by atoms with Crippen molar-refractivity contribution in [3.63, 3.8) is 0 Å². The molecule has 13 heteroatoms. The van der Waals surface area contributed by atoms with Gasteiger partial charge in [-0.05, 0) is 24.1 Å². The van der Waals surface area contributed by atoms with E-state index in [0.717, 1.165) is 12.3 Å². The van der Waals surface area contributed by atoms with Crippen LogP contribution in [0.4, 0.5) is 28.4 Å². The summed E-state index contributed by atoms with van der Waals surface area (Å²) < 4.78 is 77.5. The van der Waals surface area contributed by atoms with E-state index >= 15 is 0 Å². The van der Waals surface area contributed by atoms with Gasteiger partial charge in [0.05, 0.1) is 6.04 Å². The van der Waals surface area contributed by atoms with Crippen LogP contribution < -0.4 is 9.80 Å². The molecule has 0 bridgehead atoms. The lowest BCUT2D eigenvalue weighted by Crippen LogP contribution is -2.55. The number of alkyl halides is 3. The van der Waals surface area contributed by atoms with Crippen LogP contribution in [-0.2, 0) is 16.0 Å². The zero-order valence-corrected chi connectivity index (χ0v) is 19.0. The predicted molar refractivity (Wildman–Crippen MR) is 112 cm³/mol. The number of carboxylic acid groups (broad SMARTS) is 1. The van der Waals surface area contributed by atoms with Crippen LogP contribution in [0, 0.1) is 11.7 Å². The van der Waals surface area contributed by atoms with Crippen molar-refractivity contribution in [3.8, 4) is 0 Å². The number of hydrogen-bond donors (Lipinski definition) is 1. The van der Waals surface area contributed by atoms with E-state index in [1.165, 1.54) is 12.1 Å². The molecule has 3 rings (SSSR count). The molecule has 1 fully saturated rings. The molecule has 0 spiro atoms. The van der Waals surface area contributed by atoms with Gasteiger partial charge >= 0.3 is 12.1 Å². The van der Waals surface area contributed by atoms with Gasteiger partial charge in [0.15, 0.2) is 20.7 Å². The van der Waals surface area contributed by atoms with Gasteiger partial charge in [0.25, 0.3) is 0 Å². The summed E-state index contributed by atoms with van der Waals surface area (Å²) in [6.45, 7) is 4.55. The maximum absolute atomic E-state index is 14.0. The van der Waals surface area contributed by atoms with Gasteiger partial charge < -0.3 is 14.9 Å². The topological polar surface area (TPSA) is 90.8 Å². The second kappa shape index (κ2) is 8.50. The lowest BCUT2D eigenvalue weighted by atomic mass is 9.99. The van der Waals surface area contributed by atoms with Gasteiger partial charge in [-0.15, -0.1) is 0 Å². The summed E-state index contributed by atoms with van der Waals surface area (Å²) in [5.41, 5.74) is -0.954. The number of hydrogen-bond acceptors (Lipinski definition) is 7. The van der Waals surface area contributed by atoms with Crippen LogP contribution in [0.1, 0.15) is 29.2 Å². The monoisotopic (exact) mass is 495 g/mol. The summed E-state index contributed by atoms with van der Waals surface area (Å²) in [6, 6.07) is 3.41. The first-order chi connectivity index (χ1) is 14.7. The number of benzene rings is 1. The fourth-order valence-electron chi connectivity index (χ4n) is 3.59. The molecule has 2 aromatic rings. The van der Waals surface area contributed by atoms with Crippen LogP contribution in [0.25, 0.3) is 0 Å². The first-order valence-corrected chi connectivity index (χ1v) is 12.2. The highest BCUT2D eigenvalue weighted by molar-refractivity contribution is 7.90. The summed E-state index contributed by atoms with van der Waals surface area (Å²) in [5.74, 6) is -2.61. The Kier molecular flexibility index (Phi) is 6.44. The normalized spacial score (nSPS) is 17.8. The Bertz CT molecular complexity index is 1130. The van der Waals surface area contributed by atoms with Crippen molar-refractivity contribution in [2.75, 3.05) is 35.7 Å². The van der Waals surface area contributed by atoms with Crippen LogP contribution >= 0.6 is 11.3 Å². The van der Waals surface area contributed by atoms with E-state index in [2.05, 4.69) is 4.98 Å². The minimum absolute atomic E-state index is 0.0380. The van der Waals surface area contributed by atoms with Gasteiger partial charge in [0.2, 0.25) is 0 Å².